The highest BCUT2D eigenvalue weighted by atomic mass is 32.2. The van der Waals surface area contributed by atoms with E-state index < -0.39 is 0 Å². The Morgan fingerprint density at radius 1 is 0.568 bits per heavy atom. The van der Waals surface area contributed by atoms with Crippen LogP contribution < -0.4 is 15.8 Å². The third-order valence-electron chi connectivity index (χ3n) is 9.94. The summed E-state index contributed by atoms with van der Waals surface area (Å²) >= 11 is 5.81. The van der Waals surface area contributed by atoms with Gasteiger partial charge in [-0.3, -0.25) is 0 Å². The second kappa shape index (κ2) is 7.77. The molecule has 9 aromatic rings. The van der Waals surface area contributed by atoms with Gasteiger partial charge in [0, 0.05) is 57.2 Å². The summed E-state index contributed by atoms with van der Waals surface area (Å²) in [7, 11) is 0. The summed E-state index contributed by atoms with van der Waals surface area (Å²) in [6.07, 6.45) is 0. The maximum atomic E-state index is 2.72. The van der Waals surface area contributed by atoms with Crippen LogP contribution in [-0.2, 0) is 0 Å². The van der Waals surface area contributed by atoms with E-state index in [0.717, 1.165) is 0 Å². The van der Waals surface area contributed by atoms with E-state index >= 15 is 0 Å². The Labute approximate surface area is 264 Å². The molecule has 0 atom stereocenters. The number of fused-ring (bicyclic) bond motifs is 15. The summed E-state index contributed by atoms with van der Waals surface area (Å²) in [5.74, 6) is 0. The lowest BCUT2D eigenvalue weighted by Gasteiger charge is -2.43. The zero-order valence-corrected chi connectivity index (χ0v) is 25.6. The Morgan fingerprint density at radius 2 is 1.32 bits per heavy atom. The average molecular weight is 611 g/mol. The van der Waals surface area contributed by atoms with Crippen LogP contribution in [0.2, 0.25) is 0 Å². The summed E-state index contributed by atoms with van der Waals surface area (Å²) in [4.78, 5) is 6.65. The van der Waals surface area contributed by atoms with Crippen LogP contribution in [0.1, 0.15) is 0 Å². The minimum atomic E-state index is 0.0923. The first kappa shape index (κ1) is 23.0. The molecule has 6 heteroatoms. The summed E-state index contributed by atoms with van der Waals surface area (Å²) in [5.41, 5.74) is 10.9. The fourth-order valence-corrected chi connectivity index (χ4v) is 11.9. The topological polar surface area (TPSA) is 8.17 Å². The van der Waals surface area contributed by atoms with Gasteiger partial charge in [-0.2, -0.15) is 0 Å². The Morgan fingerprint density at radius 3 is 2.25 bits per heavy atom. The van der Waals surface area contributed by atoms with Gasteiger partial charge in [0.15, 0.2) is 0 Å². The smallest absolute Gasteiger partial charge is 0.333 e. The molecular formula is C38H19BN2S3. The maximum absolute atomic E-state index is 2.72. The first-order valence-corrected chi connectivity index (χ1v) is 17.4. The second-order valence-corrected chi connectivity index (χ2v) is 15.2. The van der Waals surface area contributed by atoms with Gasteiger partial charge in [-0.25, -0.2) is 0 Å². The standard InChI is InChI=1S/C38H19BN2S3/c1-4-15-28-20(9-1)25-19-24-21-11-7-12-23-32-22-10-2-5-16-29(22)44-38(32)41(34(21)23)39-26-13-8-18-31-35(26)40(36(33(24)39)37(25)43-28)27-14-3-6-17-30(27)42-31/h1-19H. The van der Waals surface area contributed by atoms with E-state index in [1.165, 1.54) is 100 Å². The van der Waals surface area contributed by atoms with E-state index in [9.17, 15) is 0 Å². The van der Waals surface area contributed by atoms with Crippen molar-refractivity contribution in [1.29, 1.82) is 0 Å². The van der Waals surface area contributed by atoms with Crippen LogP contribution >= 0.6 is 34.4 Å². The fraction of sp³-hybridized carbons (Fsp3) is 0. The molecule has 12 rings (SSSR count). The molecule has 0 unspecified atom stereocenters. The second-order valence-electron chi connectivity index (χ2n) is 12.0. The van der Waals surface area contributed by atoms with Crippen LogP contribution in [0.3, 0.4) is 0 Å². The minimum absolute atomic E-state index is 0.0923. The normalized spacial score (nSPS) is 14.2. The van der Waals surface area contributed by atoms with Gasteiger partial charge in [0.05, 0.1) is 26.6 Å². The van der Waals surface area contributed by atoms with Crippen molar-refractivity contribution in [3.05, 3.63) is 115 Å². The number of benzene rings is 6. The van der Waals surface area contributed by atoms with Gasteiger partial charge < -0.3 is 9.38 Å². The molecule has 0 saturated carbocycles. The van der Waals surface area contributed by atoms with Crippen molar-refractivity contribution in [3.63, 3.8) is 0 Å². The van der Waals surface area contributed by atoms with Gasteiger partial charge in [-0.15, -0.1) is 22.7 Å². The van der Waals surface area contributed by atoms with Gasteiger partial charge in [0.2, 0.25) is 0 Å². The van der Waals surface area contributed by atoms with Gasteiger partial charge in [-0.05, 0) is 52.9 Å². The van der Waals surface area contributed by atoms with E-state index in [0.29, 0.717) is 0 Å². The molecule has 3 aliphatic heterocycles. The summed E-state index contributed by atoms with van der Waals surface area (Å²) in [5, 5.41) is 6.84. The zero-order chi connectivity index (χ0) is 28.3. The molecule has 3 aromatic heterocycles. The molecule has 6 aromatic carbocycles. The van der Waals surface area contributed by atoms with Crippen molar-refractivity contribution in [2.45, 2.75) is 9.79 Å². The first-order valence-electron chi connectivity index (χ1n) is 15.0. The monoisotopic (exact) mass is 610 g/mol. The van der Waals surface area contributed by atoms with Gasteiger partial charge in [0.1, 0.15) is 0 Å². The van der Waals surface area contributed by atoms with Crippen LogP contribution in [0.15, 0.2) is 125 Å². The summed E-state index contributed by atoms with van der Waals surface area (Å²) in [6.45, 7) is 0.0923. The van der Waals surface area contributed by atoms with Crippen LogP contribution in [0.25, 0.3) is 62.5 Å². The fourth-order valence-electron chi connectivity index (χ4n) is 8.32. The molecule has 0 N–H and O–H groups in total. The highest BCUT2D eigenvalue weighted by Crippen LogP contribution is 2.57. The molecule has 0 aliphatic carbocycles. The molecule has 202 valence electrons. The molecule has 0 spiro atoms. The molecule has 0 saturated heterocycles. The van der Waals surface area contributed by atoms with E-state index in [1.807, 2.05) is 34.4 Å². The van der Waals surface area contributed by atoms with Crippen molar-refractivity contribution >= 4 is 121 Å². The lowest BCUT2D eigenvalue weighted by Crippen LogP contribution is -2.57. The SMILES string of the molecule is c1ccc2c(c1)Sc1cccc3c1N2c1c2c(cc4c1sc1ccccc14)-c1cccc4c5c6ccccc6sc5n(c14)B32. The number of aromatic nitrogens is 1. The highest BCUT2D eigenvalue weighted by molar-refractivity contribution is 7.99. The van der Waals surface area contributed by atoms with Gasteiger partial charge >= 0.3 is 6.85 Å². The maximum Gasteiger partial charge on any atom is 0.333 e. The van der Waals surface area contributed by atoms with Crippen LogP contribution in [0.4, 0.5) is 17.1 Å². The average Bonchev–Trinajstić information content (AvgIpc) is 3.73. The zero-order valence-electron chi connectivity index (χ0n) is 23.2. The molecule has 6 heterocycles. The van der Waals surface area contributed by atoms with E-state index in [4.69, 9.17) is 0 Å². The number of anilines is 3. The lowest BCUT2D eigenvalue weighted by molar-refractivity contribution is 1.17. The molecule has 44 heavy (non-hydrogen) atoms. The molecule has 3 aliphatic rings. The molecular weight excluding hydrogens is 591 g/mol. The van der Waals surface area contributed by atoms with Crippen molar-refractivity contribution in [1.82, 2.24) is 4.48 Å². The summed E-state index contributed by atoms with van der Waals surface area (Å²) in [6, 6.07) is 43.4. The number of para-hydroxylation sites is 3. The molecule has 2 nitrogen and oxygen atoms in total. The first-order chi connectivity index (χ1) is 21.8. The van der Waals surface area contributed by atoms with E-state index in [1.54, 1.807) is 0 Å². The van der Waals surface area contributed by atoms with Crippen LogP contribution in [-0.4, -0.2) is 11.3 Å². The Balaban J connectivity index is 1.36. The predicted octanol–water partition coefficient (Wildman–Crippen LogP) is 10.3. The Hall–Kier alpha value is -4.49. The van der Waals surface area contributed by atoms with Gasteiger partial charge in [-0.1, -0.05) is 90.6 Å². The number of thiophene rings is 2. The quantitative estimate of drug-likeness (QED) is 0.158. The lowest BCUT2D eigenvalue weighted by atomic mass is 9.45. The van der Waals surface area contributed by atoms with Crippen LogP contribution in [0, 0.1) is 0 Å². The number of nitrogens with zero attached hydrogens (tertiary/aromatic N) is 2. The largest absolute Gasteiger partial charge is 0.367 e. The third kappa shape index (κ3) is 2.53. The highest BCUT2D eigenvalue weighted by Gasteiger charge is 2.46. The number of hydrogen-bond acceptors (Lipinski definition) is 4. The minimum Gasteiger partial charge on any atom is -0.367 e. The third-order valence-corrected chi connectivity index (χ3v) is 13.4. The van der Waals surface area contributed by atoms with Gasteiger partial charge in [0.25, 0.3) is 0 Å². The van der Waals surface area contributed by atoms with Crippen molar-refractivity contribution < 1.29 is 0 Å². The van der Waals surface area contributed by atoms with E-state index in [2.05, 4.69) is 125 Å². The molecule has 0 fully saturated rings. The Kier molecular flexibility index (Phi) is 4.06. The van der Waals surface area contributed by atoms with E-state index in [-0.39, 0.29) is 6.85 Å². The van der Waals surface area contributed by atoms with Crippen molar-refractivity contribution in [2.24, 2.45) is 0 Å². The molecule has 0 radical (unpaired) electrons. The number of hydrogen-bond donors (Lipinski definition) is 0. The van der Waals surface area contributed by atoms with Crippen molar-refractivity contribution in [2.75, 3.05) is 4.90 Å². The number of rotatable bonds is 0. The Bertz CT molecular complexity index is 2780. The predicted molar refractivity (Wildman–Crippen MR) is 192 cm³/mol. The summed E-state index contributed by atoms with van der Waals surface area (Å²) < 4.78 is 6.80. The molecule has 0 bridgehead atoms. The van der Waals surface area contributed by atoms with Crippen molar-refractivity contribution in [3.8, 4) is 11.1 Å². The molecule has 0 amide bonds. The van der Waals surface area contributed by atoms with Crippen LogP contribution in [0.5, 0.6) is 0 Å².